The number of hydrogen-bond acceptors (Lipinski definition) is 4. The minimum Gasteiger partial charge on any atom is -0.497 e. The largest absolute Gasteiger partial charge is 0.497 e. The Morgan fingerprint density at radius 3 is 2.75 bits per heavy atom. The number of nitrogens with one attached hydrogen (secondary N) is 1. The highest BCUT2D eigenvalue weighted by atomic mass is 16.5. The molecule has 0 saturated heterocycles. The lowest BCUT2D eigenvalue weighted by atomic mass is 10.2. The normalized spacial score (nSPS) is 14.3. The summed E-state index contributed by atoms with van der Waals surface area (Å²) in [5, 5.41) is 3.35. The maximum absolute atomic E-state index is 5.92. The average molecular weight is 279 g/mol. The van der Waals surface area contributed by atoms with Crippen LogP contribution < -0.4 is 14.8 Å². The smallest absolute Gasteiger partial charge is 0.124 e. The minimum absolute atomic E-state index is 0.710. The Balaban J connectivity index is 1.88. The summed E-state index contributed by atoms with van der Waals surface area (Å²) in [4.78, 5) is 0. The van der Waals surface area contributed by atoms with Crippen molar-refractivity contribution >= 4 is 0 Å². The Labute approximate surface area is 121 Å². The van der Waals surface area contributed by atoms with E-state index in [0.717, 1.165) is 42.7 Å². The fourth-order valence-electron chi connectivity index (χ4n) is 2.10. The van der Waals surface area contributed by atoms with Crippen LogP contribution in [0.4, 0.5) is 0 Å². The molecule has 0 heterocycles. The predicted molar refractivity (Wildman–Crippen MR) is 79.4 cm³/mol. The van der Waals surface area contributed by atoms with E-state index in [0.29, 0.717) is 6.61 Å². The summed E-state index contributed by atoms with van der Waals surface area (Å²) in [5.74, 6) is 2.72. The molecule has 1 fully saturated rings. The van der Waals surface area contributed by atoms with Crippen molar-refractivity contribution in [3.05, 3.63) is 23.8 Å². The summed E-state index contributed by atoms with van der Waals surface area (Å²) >= 11 is 0. The molecule has 112 valence electrons. The number of benzene rings is 1. The van der Waals surface area contributed by atoms with Gasteiger partial charge in [0.2, 0.25) is 0 Å². The molecule has 0 radical (unpaired) electrons. The first-order valence-electron chi connectivity index (χ1n) is 7.33. The first-order chi connectivity index (χ1) is 9.83. The molecule has 20 heavy (non-hydrogen) atoms. The van der Waals surface area contributed by atoms with Crippen LogP contribution >= 0.6 is 0 Å². The molecule has 0 aliphatic heterocycles. The lowest BCUT2D eigenvalue weighted by molar-refractivity contribution is 0.199. The molecule has 0 amide bonds. The molecule has 1 aromatic rings. The molecule has 0 spiro atoms. The van der Waals surface area contributed by atoms with Crippen LogP contribution in [0.15, 0.2) is 18.2 Å². The summed E-state index contributed by atoms with van der Waals surface area (Å²) < 4.78 is 16.2. The number of hydrogen-bond donors (Lipinski definition) is 1. The second-order valence-corrected chi connectivity index (χ2v) is 5.22. The van der Waals surface area contributed by atoms with Crippen molar-refractivity contribution in [1.82, 2.24) is 5.32 Å². The monoisotopic (exact) mass is 279 g/mol. The summed E-state index contributed by atoms with van der Waals surface area (Å²) in [6.07, 6.45) is 3.91. The van der Waals surface area contributed by atoms with E-state index in [4.69, 9.17) is 14.2 Å². The highest BCUT2D eigenvalue weighted by Gasteiger charge is 2.20. The van der Waals surface area contributed by atoms with Gasteiger partial charge in [-0.1, -0.05) is 12.8 Å². The first kappa shape index (κ1) is 15.1. The van der Waals surface area contributed by atoms with E-state index in [1.165, 1.54) is 19.3 Å². The topological polar surface area (TPSA) is 39.7 Å². The summed E-state index contributed by atoms with van der Waals surface area (Å²) in [6.45, 7) is 3.11. The van der Waals surface area contributed by atoms with E-state index in [9.17, 15) is 0 Å². The van der Waals surface area contributed by atoms with E-state index in [-0.39, 0.29) is 0 Å². The SMILES string of the molecule is COCCNCc1cc(OC)ccc1OCCC1CC1. The van der Waals surface area contributed by atoms with E-state index >= 15 is 0 Å². The van der Waals surface area contributed by atoms with Crippen LogP contribution in [0, 0.1) is 5.92 Å². The zero-order valence-electron chi connectivity index (χ0n) is 12.5. The van der Waals surface area contributed by atoms with E-state index in [1.807, 2.05) is 18.2 Å². The van der Waals surface area contributed by atoms with Gasteiger partial charge in [-0.05, 0) is 30.5 Å². The Morgan fingerprint density at radius 2 is 2.05 bits per heavy atom. The molecule has 0 aromatic heterocycles. The van der Waals surface area contributed by atoms with Gasteiger partial charge in [0.15, 0.2) is 0 Å². The van der Waals surface area contributed by atoms with Gasteiger partial charge in [-0.25, -0.2) is 0 Å². The quantitative estimate of drug-likeness (QED) is 0.668. The molecule has 1 aromatic carbocycles. The summed E-state index contributed by atoms with van der Waals surface area (Å²) in [5.41, 5.74) is 1.14. The van der Waals surface area contributed by atoms with Gasteiger partial charge in [-0.3, -0.25) is 0 Å². The van der Waals surface area contributed by atoms with Gasteiger partial charge in [-0.2, -0.15) is 0 Å². The lowest BCUT2D eigenvalue weighted by Crippen LogP contribution is -2.19. The van der Waals surface area contributed by atoms with Crippen molar-refractivity contribution in [1.29, 1.82) is 0 Å². The van der Waals surface area contributed by atoms with Gasteiger partial charge < -0.3 is 19.5 Å². The summed E-state index contributed by atoms with van der Waals surface area (Å²) in [7, 11) is 3.39. The third kappa shape index (κ3) is 5.02. The Bertz CT molecular complexity index is 405. The highest BCUT2D eigenvalue weighted by molar-refractivity contribution is 5.40. The van der Waals surface area contributed by atoms with Crippen LogP contribution in [0.2, 0.25) is 0 Å². The van der Waals surface area contributed by atoms with Crippen LogP contribution in [-0.2, 0) is 11.3 Å². The van der Waals surface area contributed by atoms with Gasteiger partial charge in [0.05, 0.1) is 20.3 Å². The number of methoxy groups -OCH3 is 2. The molecule has 0 bridgehead atoms. The van der Waals surface area contributed by atoms with Crippen molar-refractivity contribution < 1.29 is 14.2 Å². The maximum Gasteiger partial charge on any atom is 0.124 e. The third-order valence-electron chi connectivity index (χ3n) is 3.55. The standard InChI is InChI=1S/C16H25NO3/c1-18-10-8-17-12-14-11-15(19-2)5-6-16(14)20-9-7-13-3-4-13/h5-6,11,13,17H,3-4,7-10,12H2,1-2H3. The Kier molecular flexibility index (Phi) is 6.15. The molecule has 2 rings (SSSR count). The zero-order chi connectivity index (χ0) is 14.2. The van der Waals surface area contributed by atoms with Crippen molar-refractivity contribution in [3.8, 4) is 11.5 Å². The van der Waals surface area contributed by atoms with Crippen molar-refractivity contribution in [3.63, 3.8) is 0 Å². The van der Waals surface area contributed by atoms with Crippen LogP contribution in [0.1, 0.15) is 24.8 Å². The van der Waals surface area contributed by atoms with E-state index < -0.39 is 0 Å². The number of rotatable bonds is 10. The van der Waals surface area contributed by atoms with E-state index in [2.05, 4.69) is 5.32 Å². The molecule has 4 heteroatoms. The second-order valence-electron chi connectivity index (χ2n) is 5.22. The number of ether oxygens (including phenoxy) is 3. The minimum atomic E-state index is 0.710. The van der Waals surface area contributed by atoms with E-state index in [1.54, 1.807) is 14.2 Å². The zero-order valence-corrected chi connectivity index (χ0v) is 12.5. The van der Waals surface area contributed by atoms with Gasteiger partial charge in [0.25, 0.3) is 0 Å². The molecule has 0 unspecified atom stereocenters. The first-order valence-corrected chi connectivity index (χ1v) is 7.33. The summed E-state index contributed by atoms with van der Waals surface area (Å²) in [6, 6.07) is 5.98. The molecule has 1 N–H and O–H groups in total. The Hall–Kier alpha value is -1.26. The molecule has 1 aliphatic rings. The van der Waals surface area contributed by atoms with Crippen LogP contribution in [-0.4, -0.2) is 34.0 Å². The van der Waals surface area contributed by atoms with Crippen LogP contribution in [0.25, 0.3) is 0 Å². The maximum atomic E-state index is 5.92. The van der Waals surface area contributed by atoms with Crippen molar-refractivity contribution in [2.24, 2.45) is 5.92 Å². The van der Waals surface area contributed by atoms with Gasteiger partial charge in [-0.15, -0.1) is 0 Å². The second kappa shape index (κ2) is 8.12. The molecular weight excluding hydrogens is 254 g/mol. The molecule has 4 nitrogen and oxygen atoms in total. The fourth-order valence-corrected chi connectivity index (χ4v) is 2.10. The van der Waals surface area contributed by atoms with Gasteiger partial charge >= 0.3 is 0 Å². The molecular formula is C16H25NO3. The van der Waals surface area contributed by atoms with Crippen molar-refractivity contribution in [2.45, 2.75) is 25.8 Å². The van der Waals surface area contributed by atoms with Gasteiger partial charge in [0.1, 0.15) is 11.5 Å². The fraction of sp³-hybridized carbons (Fsp3) is 0.625. The van der Waals surface area contributed by atoms with Crippen LogP contribution in [0.5, 0.6) is 11.5 Å². The van der Waals surface area contributed by atoms with Crippen molar-refractivity contribution in [2.75, 3.05) is 34.0 Å². The highest BCUT2D eigenvalue weighted by Crippen LogP contribution is 2.32. The Morgan fingerprint density at radius 1 is 1.20 bits per heavy atom. The lowest BCUT2D eigenvalue weighted by Gasteiger charge is -2.13. The molecule has 1 saturated carbocycles. The predicted octanol–water partition coefficient (Wildman–Crippen LogP) is 2.61. The average Bonchev–Trinajstić information content (AvgIpc) is 3.29. The van der Waals surface area contributed by atoms with Crippen LogP contribution in [0.3, 0.4) is 0 Å². The van der Waals surface area contributed by atoms with Gasteiger partial charge in [0, 0.05) is 25.8 Å². The molecule has 0 atom stereocenters. The third-order valence-corrected chi connectivity index (χ3v) is 3.55. The molecule has 1 aliphatic carbocycles.